The molecule has 2 aliphatic heterocycles. The van der Waals surface area contributed by atoms with Gasteiger partial charge in [0.1, 0.15) is 5.82 Å². The summed E-state index contributed by atoms with van der Waals surface area (Å²) in [6, 6.07) is 7.54. The summed E-state index contributed by atoms with van der Waals surface area (Å²) < 4.78 is 18.7. The number of nitrogens with zero attached hydrogens (tertiary/aromatic N) is 3. The lowest BCUT2D eigenvalue weighted by molar-refractivity contribution is -0.136. The third kappa shape index (κ3) is 3.77. The first-order chi connectivity index (χ1) is 14.2. The molecule has 8 heteroatoms. The summed E-state index contributed by atoms with van der Waals surface area (Å²) in [4.78, 5) is 44.1. The van der Waals surface area contributed by atoms with E-state index in [2.05, 4.69) is 4.98 Å². The van der Waals surface area contributed by atoms with Crippen LogP contribution < -0.4 is 9.64 Å². The molecule has 0 N–H and O–H groups in total. The number of rotatable bonds is 2. The van der Waals surface area contributed by atoms with Gasteiger partial charge in [-0.05, 0) is 42.2 Å². The molecular weight excluding hydrogens is 389 g/mol. The standard InChI is InChI=1S/C22H22FN3O4/c1-22(2)9-7-19(27)26(20(22)28)17-5-6-18(24-12-17)30-21(29)25-10-8-14-11-16(23)4-3-15(14)13-25/h3-6,11-12H,7-10,13H2,1-2H3. The largest absolute Gasteiger partial charge is 0.416 e. The van der Waals surface area contributed by atoms with Crippen molar-refractivity contribution in [3.63, 3.8) is 0 Å². The normalized spacial score (nSPS) is 18.2. The molecule has 7 nitrogen and oxygen atoms in total. The highest BCUT2D eigenvalue weighted by Crippen LogP contribution is 2.34. The molecule has 1 aromatic carbocycles. The first kappa shape index (κ1) is 20.0. The van der Waals surface area contributed by atoms with Gasteiger partial charge in [-0.1, -0.05) is 19.9 Å². The highest BCUT2D eigenvalue weighted by molar-refractivity contribution is 6.18. The maximum absolute atomic E-state index is 13.3. The van der Waals surface area contributed by atoms with E-state index in [0.717, 1.165) is 16.0 Å². The summed E-state index contributed by atoms with van der Waals surface area (Å²) in [6.45, 7) is 4.37. The number of benzene rings is 1. The fourth-order valence-electron chi connectivity index (χ4n) is 3.71. The van der Waals surface area contributed by atoms with E-state index in [1.807, 2.05) is 13.8 Å². The average Bonchev–Trinajstić information content (AvgIpc) is 2.72. The van der Waals surface area contributed by atoms with Crippen LogP contribution in [0, 0.1) is 11.2 Å². The molecule has 1 saturated heterocycles. The summed E-state index contributed by atoms with van der Waals surface area (Å²) in [5, 5.41) is 0. The van der Waals surface area contributed by atoms with Gasteiger partial charge in [0, 0.05) is 31.0 Å². The molecule has 0 saturated carbocycles. The van der Waals surface area contributed by atoms with Crippen LogP contribution in [-0.4, -0.2) is 34.3 Å². The minimum absolute atomic E-state index is 0.0739. The third-order valence-electron chi connectivity index (χ3n) is 5.60. The highest BCUT2D eigenvalue weighted by Gasteiger charge is 2.41. The summed E-state index contributed by atoms with van der Waals surface area (Å²) >= 11 is 0. The molecule has 2 aliphatic rings. The number of amides is 3. The number of hydrogen-bond donors (Lipinski definition) is 0. The van der Waals surface area contributed by atoms with Gasteiger partial charge in [0.2, 0.25) is 17.7 Å². The predicted molar refractivity (Wildman–Crippen MR) is 106 cm³/mol. The fraction of sp³-hybridized carbons (Fsp3) is 0.364. The Morgan fingerprint density at radius 2 is 1.93 bits per heavy atom. The molecule has 0 atom stereocenters. The number of piperidine rings is 1. The number of carbonyl (C=O) groups is 3. The third-order valence-corrected chi connectivity index (χ3v) is 5.60. The Bertz CT molecular complexity index is 1020. The molecule has 0 aliphatic carbocycles. The second-order valence-corrected chi connectivity index (χ2v) is 8.23. The number of carbonyl (C=O) groups excluding carboxylic acids is 3. The van der Waals surface area contributed by atoms with Gasteiger partial charge in [0.15, 0.2) is 0 Å². The van der Waals surface area contributed by atoms with Crippen LogP contribution in [0.15, 0.2) is 36.5 Å². The van der Waals surface area contributed by atoms with Crippen molar-refractivity contribution in [2.45, 2.75) is 39.7 Å². The molecule has 3 amide bonds. The van der Waals surface area contributed by atoms with Gasteiger partial charge >= 0.3 is 6.09 Å². The lowest BCUT2D eigenvalue weighted by atomic mass is 9.82. The minimum Gasteiger partial charge on any atom is -0.391 e. The van der Waals surface area contributed by atoms with E-state index in [4.69, 9.17) is 4.74 Å². The maximum Gasteiger partial charge on any atom is 0.416 e. The van der Waals surface area contributed by atoms with Crippen LogP contribution in [-0.2, 0) is 22.6 Å². The van der Waals surface area contributed by atoms with Gasteiger partial charge < -0.3 is 9.64 Å². The minimum atomic E-state index is -0.619. The Kier molecular flexibility index (Phi) is 5.01. The predicted octanol–water partition coefficient (Wildman–Crippen LogP) is 3.46. The lowest BCUT2D eigenvalue weighted by Crippen LogP contribution is -2.49. The zero-order valence-electron chi connectivity index (χ0n) is 16.9. The molecule has 0 unspecified atom stereocenters. The number of hydrogen-bond acceptors (Lipinski definition) is 5. The number of pyridine rings is 1. The number of imide groups is 1. The van der Waals surface area contributed by atoms with Gasteiger partial charge in [0.25, 0.3) is 0 Å². The van der Waals surface area contributed by atoms with E-state index < -0.39 is 11.5 Å². The van der Waals surface area contributed by atoms with Crippen LogP contribution in [0.25, 0.3) is 0 Å². The Balaban J connectivity index is 1.44. The van der Waals surface area contributed by atoms with Crippen LogP contribution in [0.3, 0.4) is 0 Å². The van der Waals surface area contributed by atoms with Crippen molar-refractivity contribution in [2.24, 2.45) is 5.41 Å². The van der Waals surface area contributed by atoms with Gasteiger partial charge in [0.05, 0.1) is 11.9 Å². The molecule has 2 aromatic rings. The molecule has 4 rings (SSSR count). The Hall–Kier alpha value is -3.29. The second-order valence-electron chi connectivity index (χ2n) is 8.23. The Morgan fingerprint density at radius 1 is 1.13 bits per heavy atom. The van der Waals surface area contributed by atoms with E-state index >= 15 is 0 Å². The van der Waals surface area contributed by atoms with Gasteiger partial charge in [-0.25, -0.2) is 19.1 Å². The smallest absolute Gasteiger partial charge is 0.391 e. The van der Waals surface area contributed by atoms with Crippen LogP contribution in [0.4, 0.5) is 14.9 Å². The van der Waals surface area contributed by atoms with Crippen molar-refractivity contribution in [2.75, 3.05) is 11.4 Å². The zero-order chi connectivity index (χ0) is 21.5. The van der Waals surface area contributed by atoms with Gasteiger partial charge in [-0.15, -0.1) is 0 Å². The van der Waals surface area contributed by atoms with Crippen LogP contribution in [0.5, 0.6) is 5.88 Å². The highest BCUT2D eigenvalue weighted by atomic mass is 19.1. The monoisotopic (exact) mass is 411 g/mol. The Morgan fingerprint density at radius 3 is 2.67 bits per heavy atom. The van der Waals surface area contributed by atoms with Gasteiger partial charge in [-0.3, -0.25) is 9.59 Å². The average molecular weight is 411 g/mol. The van der Waals surface area contributed by atoms with Gasteiger partial charge in [-0.2, -0.15) is 0 Å². The van der Waals surface area contributed by atoms with Crippen molar-refractivity contribution in [3.05, 3.63) is 53.5 Å². The first-order valence-electron chi connectivity index (χ1n) is 9.82. The molecule has 3 heterocycles. The van der Waals surface area contributed by atoms with Crippen LogP contribution in [0.2, 0.25) is 0 Å². The summed E-state index contributed by atoms with van der Waals surface area (Å²) in [5.41, 5.74) is 1.51. The molecule has 30 heavy (non-hydrogen) atoms. The van der Waals surface area contributed by atoms with E-state index in [1.54, 1.807) is 12.1 Å². The summed E-state index contributed by atoms with van der Waals surface area (Å²) in [5.74, 6) is -0.754. The van der Waals surface area contributed by atoms with Crippen molar-refractivity contribution in [1.29, 1.82) is 0 Å². The number of fused-ring (bicyclic) bond motifs is 1. The van der Waals surface area contributed by atoms with E-state index in [-0.39, 0.29) is 29.9 Å². The fourth-order valence-corrected chi connectivity index (χ4v) is 3.71. The van der Waals surface area contributed by atoms with Crippen LogP contribution >= 0.6 is 0 Å². The van der Waals surface area contributed by atoms with Crippen LogP contribution in [0.1, 0.15) is 37.8 Å². The summed E-state index contributed by atoms with van der Waals surface area (Å²) in [6.07, 6.45) is 2.14. The SMILES string of the molecule is CC1(C)CCC(=O)N(c2ccc(OC(=O)N3CCc4cc(F)ccc4C3)nc2)C1=O. The molecule has 0 bridgehead atoms. The number of aromatic nitrogens is 1. The number of ether oxygens (including phenoxy) is 1. The van der Waals surface area contributed by atoms with Crippen molar-refractivity contribution in [1.82, 2.24) is 9.88 Å². The number of anilines is 1. The molecule has 156 valence electrons. The molecule has 0 radical (unpaired) electrons. The molecule has 1 aromatic heterocycles. The lowest BCUT2D eigenvalue weighted by Gasteiger charge is -2.35. The van der Waals surface area contributed by atoms with E-state index in [0.29, 0.717) is 31.6 Å². The Labute approximate surface area is 173 Å². The van der Waals surface area contributed by atoms with Crippen molar-refractivity contribution >= 4 is 23.6 Å². The van der Waals surface area contributed by atoms with E-state index in [1.165, 1.54) is 29.3 Å². The first-order valence-corrected chi connectivity index (χ1v) is 9.82. The molecular formula is C22H22FN3O4. The summed E-state index contributed by atoms with van der Waals surface area (Å²) in [7, 11) is 0. The quantitative estimate of drug-likeness (QED) is 0.707. The number of halogens is 1. The topological polar surface area (TPSA) is 79.8 Å². The maximum atomic E-state index is 13.3. The second kappa shape index (κ2) is 7.51. The zero-order valence-corrected chi connectivity index (χ0v) is 16.9. The van der Waals surface area contributed by atoms with E-state index in [9.17, 15) is 18.8 Å². The van der Waals surface area contributed by atoms with Crippen molar-refractivity contribution < 1.29 is 23.5 Å². The van der Waals surface area contributed by atoms with Crippen molar-refractivity contribution in [3.8, 4) is 5.88 Å². The molecule has 1 fully saturated rings. The molecule has 0 spiro atoms.